The van der Waals surface area contributed by atoms with E-state index in [-0.39, 0.29) is 11.7 Å². The molecule has 2 aromatic rings. The fourth-order valence-corrected chi connectivity index (χ4v) is 3.28. The van der Waals surface area contributed by atoms with Crippen LogP contribution in [0.5, 0.6) is 0 Å². The average molecular weight is 296 g/mol. The molecule has 1 heterocycles. The van der Waals surface area contributed by atoms with Gasteiger partial charge in [0.1, 0.15) is 10.8 Å². The Kier molecular flexibility index (Phi) is 4.93. The minimum Gasteiger partial charge on any atom is -0.370 e. The molecule has 0 aliphatic rings. The van der Waals surface area contributed by atoms with Gasteiger partial charge in [-0.05, 0) is 12.1 Å². The van der Waals surface area contributed by atoms with Gasteiger partial charge in [-0.3, -0.25) is 4.79 Å². The molecule has 0 saturated carbocycles. The van der Waals surface area contributed by atoms with Crippen molar-refractivity contribution >= 4 is 29.0 Å². The standard InChI is InChI=1S/C13H13FN2OS2/c14-11-4-2-1-3-10(11)13-16-9(8-19-13)7-18-6-5-12(15)17/h1-4,8H,5-7H2,(H2,15,17). The van der Waals surface area contributed by atoms with Crippen LogP contribution in [-0.4, -0.2) is 16.6 Å². The van der Waals surface area contributed by atoms with Crippen molar-refractivity contribution in [3.8, 4) is 10.6 Å². The van der Waals surface area contributed by atoms with Crippen molar-refractivity contribution in [1.29, 1.82) is 0 Å². The summed E-state index contributed by atoms with van der Waals surface area (Å²) < 4.78 is 13.6. The maximum atomic E-state index is 13.6. The molecule has 0 aliphatic carbocycles. The van der Waals surface area contributed by atoms with Crippen molar-refractivity contribution in [1.82, 2.24) is 4.98 Å². The number of thiazole rings is 1. The first-order chi connectivity index (χ1) is 9.16. The third kappa shape index (κ3) is 4.04. The third-order valence-electron chi connectivity index (χ3n) is 2.40. The van der Waals surface area contributed by atoms with Crippen molar-refractivity contribution in [2.24, 2.45) is 5.73 Å². The molecule has 0 radical (unpaired) electrons. The molecular weight excluding hydrogens is 283 g/mol. The Morgan fingerprint density at radius 2 is 2.21 bits per heavy atom. The van der Waals surface area contributed by atoms with Crippen LogP contribution in [0.25, 0.3) is 10.6 Å². The lowest BCUT2D eigenvalue weighted by molar-refractivity contribution is -0.117. The summed E-state index contributed by atoms with van der Waals surface area (Å²) in [5.74, 6) is 0.836. The number of benzene rings is 1. The lowest BCUT2D eigenvalue weighted by Crippen LogP contribution is -2.10. The van der Waals surface area contributed by atoms with Gasteiger partial charge in [-0.1, -0.05) is 12.1 Å². The summed E-state index contributed by atoms with van der Waals surface area (Å²) in [6, 6.07) is 6.60. The van der Waals surface area contributed by atoms with Crippen LogP contribution in [-0.2, 0) is 10.5 Å². The van der Waals surface area contributed by atoms with Crippen molar-refractivity contribution in [3.63, 3.8) is 0 Å². The van der Waals surface area contributed by atoms with Crippen LogP contribution in [0.1, 0.15) is 12.1 Å². The molecule has 2 N–H and O–H groups in total. The molecule has 0 unspecified atom stereocenters. The summed E-state index contributed by atoms with van der Waals surface area (Å²) in [6.45, 7) is 0. The van der Waals surface area contributed by atoms with Gasteiger partial charge in [0.15, 0.2) is 0 Å². The van der Waals surface area contributed by atoms with E-state index in [9.17, 15) is 9.18 Å². The van der Waals surface area contributed by atoms with E-state index in [0.29, 0.717) is 28.5 Å². The van der Waals surface area contributed by atoms with Gasteiger partial charge in [0, 0.05) is 28.9 Å². The van der Waals surface area contributed by atoms with Crippen molar-refractivity contribution < 1.29 is 9.18 Å². The van der Waals surface area contributed by atoms with Gasteiger partial charge in [-0.2, -0.15) is 11.8 Å². The molecule has 2 rings (SSSR count). The minimum absolute atomic E-state index is 0.259. The van der Waals surface area contributed by atoms with Gasteiger partial charge < -0.3 is 5.73 Å². The number of carbonyl (C=O) groups excluding carboxylic acids is 1. The number of nitrogens with two attached hydrogens (primary N) is 1. The summed E-state index contributed by atoms with van der Waals surface area (Å²) in [6.07, 6.45) is 0.370. The second-order valence-electron chi connectivity index (χ2n) is 3.89. The van der Waals surface area contributed by atoms with E-state index in [1.807, 2.05) is 5.38 Å². The fraction of sp³-hybridized carbons (Fsp3) is 0.231. The molecule has 1 aromatic carbocycles. The summed E-state index contributed by atoms with van der Waals surface area (Å²) >= 11 is 3.02. The molecule has 0 bridgehead atoms. The lowest BCUT2D eigenvalue weighted by Gasteiger charge is -1.98. The highest BCUT2D eigenvalue weighted by atomic mass is 32.2. The molecule has 3 nitrogen and oxygen atoms in total. The molecule has 0 atom stereocenters. The number of carbonyl (C=O) groups is 1. The van der Waals surface area contributed by atoms with Crippen LogP contribution in [0.4, 0.5) is 4.39 Å². The monoisotopic (exact) mass is 296 g/mol. The van der Waals surface area contributed by atoms with E-state index in [1.54, 1.807) is 30.0 Å². The number of hydrogen-bond donors (Lipinski definition) is 1. The first-order valence-electron chi connectivity index (χ1n) is 5.72. The summed E-state index contributed by atoms with van der Waals surface area (Å²) in [7, 11) is 0. The normalized spacial score (nSPS) is 10.6. The zero-order valence-electron chi connectivity index (χ0n) is 10.1. The molecule has 19 heavy (non-hydrogen) atoms. The van der Waals surface area contributed by atoms with Crippen LogP contribution < -0.4 is 5.73 Å². The number of rotatable bonds is 6. The highest BCUT2D eigenvalue weighted by Crippen LogP contribution is 2.27. The zero-order valence-corrected chi connectivity index (χ0v) is 11.8. The molecule has 0 spiro atoms. The second kappa shape index (κ2) is 6.68. The van der Waals surface area contributed by atoms with Crippen LogP contribution in [0.3, 0.4) is 0 Å². The van der Waals surface area contributed by atoms with E-state index in [4.69, 9.17) is 5.73 Å². The topological polar surface area (TPSA) is 56.0 Å². The van der Waals surface area contributed by atoms with Crippen molar-refractivity contribution in [2.75, 3.05) is 5.75 Å². The molecule has 100 valence electrons. The van der Waals surface area contributed by atoms with Gasteiger partial charge in [0.05, 0.1) is 5.69 Å². The first kappa shape index (κ1) is 14.0. The lowest BCUT2D eigenvalue weighted by atomic mass is 10.2. The number of thioether (sulfide) groups is 1. The Labute approximate surface area is 119 Å². The second-order valence-corrected chi connectivity index (χ2v) is 5.86. The van der Waals surface area contributed by atoms with Crippen molar-refractivity contribution in [2.45, 2.75) is 12.2 Å². The number of hydrogen-bond acceptors (Lipinski definition) is 4. The Morgan fingerprint density at radius 1 is 1.42 bits per heavy atom. The molecule has 0 fully saturated rings. The zero-order chi connectivity index (χ0) is 13.7. The highest BCUT2D eigenvalue weighted by molar-refractivity contribution is 7.98. The first-order valence-corrected chi connectivity index (χ1v) is 7.75. The largest absolute Gasteiger partial charge is 0.370 e. The predicted molar refractivity (Wildman–Crippen MR) is 77.5 cm³/mol. The summed E-state index contributed by atoms with van der Waals surface area (Å²) in [5.41, 5.74) is 6.49. The Bertz CT molecular complexity index is 571. The van der Waals surface area contributed by atoms with Crippen LogP contribution >= 0.6 is 23.1 Å². The molecule has 6 heteroatoms. The minimum atomic E-state index is -0.294. The molecule has 1 aromatic heterocycles. The van der Waals surface area contributed by atoms with E-state index in [2.05, 4.69) is 4.98 Å². The van der Waals surface area contributed by atoms with E-state index >= 15 is 0 Å². The molecular formula is C13H13FN2OS2. The number of aromatic nitrogens is 1. The van der Waals surface area contributed by atoms with Gasteiger partial charge in [0.25, 0.3) is 0 Å². The van der Waals surface area contributed by atoms with Gasteiger partial charge in [0.2, 0.25) is 5.91 Å². The molecule has 0 saturated heterocycles. The quantitative estimate of drug-likeness (QED) is 0.834. The third-order valence-corrected chi connectivity index (χ3v) is 4.32. The average Bonchev–Trinajstić information content (AvgIpc) is 2.83. The van der Waals surface area contributed by atoms with E-state index in [1.165, 1.54) is 17.4 Å². The van der Waals surface area contributed by atoms with E-state index < -0.39 is 0 Å². The summed E-state index contributed by atoms with van der Waals surface area (Å²) in [4.78, 5) is 15.0. The number of halogens is 1. The number of primary amides is 1. The maximum absolute atomic E-state index is 13.6. The van der Waals surface area contributed by atoms with Gasteiger partial charge in [-0.15, -0.1) is 11.3 Å². The Morgan fingerprint density at radius 3 is 2.95 bits per heavy atom. The summed E-state index contributed by atoms with van der Waals surface area (Å²) in [5, 5.41) is 2.60. The van der Waals surface area contributed by atoms with Crippen LogP contribution in [0.2, 0.25) is 0 Å². The van der Waals surface area contributed by atoms with Crippen molar-refractivity contribution in [3.05, 3.63) is 41.2 Å². The highest BCUT2D eigenvalue weighted by Gasteiger charge is 2.09. The number of nitrogens with zero attached hydrogens (tertiary/aromatic N) is 1. The van der Waals surface area contributed by atoms with E-state index in [0.717, 1.165) is 5.69 Å². The van der Waals surface area contributed by atoms with Gasteiger partial charge in [-0.25, -0.2) is 9.37 Å². The Hall–Kier alpha value is -1.40. The van der Waals surface area contributed by atoms with Gasteiger partial charge >= 0.3 is 0 Å². The predicted octanol–water partition coefficient (Wildman–Crippen LogP) is 3.06. The Balaban J connectivity index is 1.96. The maximum Gasteiger partial charge on any atom is 0.218 e. The van der Waals surface area contributed by atoms with Crippen LogP contribution in [0.15, 0.2) is 29.6 Å². The molecule has 0 aliphatic heterocycles. The molecule has 1 amide bonds. The fourth-order valence-electron chi connectivity index (χ4n) is 1.48. The SMILES string of the molecule is NC(=O)CCSCc1csc(-c2ccccc2F)n1. The van der Waals surface area contributed by atoms with Crippen LogP contribution in [0, 0.1) is 5.82 Å². The number of amides is 1. The smallest absolute Gasteiger partial charge is 0.218 e.